The molecule has 1 saturated carbocycles. The number of aryl methyl sites for hydroxylation is 1. The fraction of sp³-hybridized carbons (Fsp3) is 0.281. The summed E-state index contributed by atoms with van der Waals surface area (Å²) in [5.74, 6) is 0.0635. The van der Waals surface area contributed by atoms with Crippen LogP contribution in [0.1, 0.15) is 42.4 Å². The highest BCUT2D eigenvalue weighted by atomic mass is 32.2. The number of thioether (sulfide) groups is 1. The Kier molecular flexibility index (Phi) is 6.90. The zero-order valence-corrected chi connectivity index (χ0v) is 22.2. The number of hydrogen-bond acceptors (Lipinski definition) is 4. The van der Waals surface area contributed by atoms with E-state index in [0.29, 0.717) is 11.7 Å². The number of amides is 1. The molecule has 0 radical (unpaired) electrons. The third-order valence-corrected chi connectivity index (χ3v) is 8.86. The molecule has 2 aliphatic rings. The van der Waals surface area contributed by atoms with Gasteiger partial charge in [0.2, 0.25) is 5.91 Å². The highest BCUT2D eigenvalue weighted by molar-refractivity contribution is 7.99. The fourth-order valence-electron chi connectivity index (χ4n) is 6.09. The van der Waals surface area contributed by atoms with Crippen LogP contribution in [0.15, 0.2) is 94.9 Å². The topological polar surface area (TPSA) is 64.0 Å². The van der Waals surface area contributed by atoms with Crippen LogP contribution in [0, 0.1) is 0 Å². The van der Waals surface area contributed by atoms with Gasteiger partial charge in [-0.3, -0.25) is 14.2 Å². The number of nitrogens with one attached hydrogen (secondary N) is 1. The van der Waals surface area contributed by atoms with Gasteiger partial charge in [0.25, 0.3) is 5.56 Å². The fourth-order valence-corrected chi connectivity index (χ4v) is 6.90. The third-order valence-electron chi connectivity index (χ3n) is 7.88. The van der Waals surface area contributed by atoms with E-state index >= 15 is 0 Å². The molecule has 6 rings (SSSR count). The van der Waals surface area contributed by atoms with Gasteiger partial charge in [-0.05, 0) is 48.9 Å². The van der Waals surface area contributed by atoms with Crippen molar-refractivity contribution in [3.05, 3.63) is 112 Å². The van der Waals surface area contributed by atoms with Crippen molar-refractivity contribution < 1.29 is 4.79 Å². The zero-order chi connectivity index (χ0) is 26.0. The number of para-hydroxylation sites is 1. The summed E-state index contributed by atoms with van der Waals surface area (Å²) in [7, 11) is 0. The van der Waals surface area contributed by atoms with Gasteiger partial charge in [0.05, 0.1) is 17.0 Å². The first-order valence-corrected chi connectivity index (χ1v) is 14.4. The number of hydrogen-bond donors (Lipinski definition) is 1. The van der Waals surface area contributed by atoms with E-state index in [1.54, 1.807) is 0 Å². The van der Waals surface area contributed by atoms with Crippen LogP contribution in [0.25, 0.3) is 11.3 Å². The number of nitrogens with zero attached hydrogens (tertiary/aromatic N) is 2. The Bertz CT molecular complexity index is 1510. The van der Waals surface area contributed by atoms with Gasteiger partial charge in [0.1, 0.15) is 0 Å². The average Bonchev–Trinajstić information content (AvgIpc) is 3.40. The number of fused-ring (bicyclic) bond motifs is 4. The van der Waals surface area contributed by atoms with E-state index in [9.17, 15) is 9.59 Å². The summed E-state index contributed by atoms with van der Waals surface area (Å²) in [6, 6.07) is 28.1. The van der Waals surface area contributed by atoms with Crippen LogP contribution in [0.2, 0.25) is 0 Å². The van der Waals surface area contributed by atoms with Gasteiger partial charge >= 0.3 is 0 Å². The van der Waals surface area contributed by atoms with E-state index < -0.39 is 0 Å². The summed E-state index contributed by atoms with van der Waals surface area (Å²) in [6.45, 7) is 0.531. The molecule has 1 fully saturated rings. The van der Waals surface area contributed by atoms with E-state index in [0.717, 1.165) is 61.0 Å². The maximum atomic E-state index is 14.4. The van der Waals surface area contributed by atoms with Crippen molar-refractivity contribution in [3.8, 4) is 11.3 Å². The molecule has 1 spiro atoms. The van der Waals surface area contributed by atoms with E-state index in [4.69, 9.17) is 4.98 Å². The molecule has 0 aliphatic heterocycles. The van der Waals surface area contributed by atoms with E-state index in [2.05, 4.69) is 35.6 Å². The highest BCUT2D eigenvalue weighted by Crippen LogP contribution is 2.50. The van der Waals surface area contributed by atoms with Crippen LogP contribution in [-0.2, 0) is 29.6 Å². The van der Waals surface area contributed by atoms with Gasteiger partial charge in [0, 0.05) is 23.2 Å². The van der Waals surface area contributed by atoms with Crippen LogP contribution < -0.4 is 10.9 Å². The van der Waals surface area contributed by atoms with E-state index in [1.807, 2.05) is 59.2 Å². The predicted octanol–water partition coefficient (Wildman–Crippen LogP) is 6.25. The number of benzene rings is 3. The first kappa shape index (κ1) is 24.7. The van der Waals surface area contributed by atoms with Crippen molar-refractivity contribution in [2.75, 3.05) is 11.1 Å². The molecular formula is C32H31N3O2S. The summed E-state index contributed by atoms with van der Waals surface area (Å²) in [6.07, 6.45) is 5.96. The van der Waals surface area contributed by atoms with Crippen LogP contribution in [0.5, 0.6) is 0 Å². The number of aromatic nitrogens is 2. The smallest absolute Gasteiger partial charge is 0.258 e. The molecule has 192 valence electrons. The van der Waals surface area contributed by atoms with Gasteiger partial charge in [0.15, 0.2) is 5.16 Å². The number of anilines is 1. The molecule has 2 aliphatic carbocycles. The second kappa shape index (κ2) is 10.6. The first-order chi connectivity index (χ1) is 18.6. The van der Waals surface area contributed by atoms with E-state index in [-0.39, 0.29) is 22.6 Å². The minimum Gasteiger partial charge on any atom is -0.325 e. The van der Waals surface area contributed by atoms with Gasteiger partial charge in [-0.15, -0.1) is 0 Å². The number of rotatable bonds is 7. The maximum Gasteiger partial charge on any atom is 0.258 e. The molecule has 1 N–H and O–H groups in total. The molecule has 6 heteroatoms. The summed E-state index contributed by atoms with van der Waals surface area (Å²) >= 11 is 1.34. The van der Waals surface area contributed by atoms with Crippen molar-refractivity contribution in [1.29, 1.82) is 0 Å². The molecule has 5 nitrogen and oxygen atoms in total. The van der Waals surface area contributed by atoms with Crippen molar-refractivity contribution in [3.63, 3.8) is 0 Å². The lowest BCUT2D eigenvalue weighted by Gasteiger charge is -2.36. The van der Waals surface area contributed by atoms with Crippen LogP contribution in [0.4, 0.5) is 5.69 Å². The quantitative estimate of drug-likeness (QED) is 0.231. The maximum absolute atomic E-state index is 14.4. The monoisotopic (exact) mass is 521 g/mol. The molecule has 0 atom stereocenters. The lowest BCUT2D eigenvalue weighted by molar-refractivity contribution is -0.113. The van der Waals surface area contributed by atoms with Crippen LogP contribution in [0.3, 0.4) is 0 Å². The molecule has 3 aromatic carbocycles. The average molecular weight is 522 g/mol. The Balaban J connectivity index is 1.40. The molecular weight excluding hydrogens is 490 g/mol. The van der Waals surface area contributed by atoms with Crippen molar-refractivity contribution in [2.24, 2.45) is 0 Å². The second-order valence-electron chi connectivity index (χ2n) is 10.3. The Labute approximate surface area is 227 Å². The first-order valence-electron chi connectivity index (χ1n) is 13.4. The summed E-state index contributed by atoms with van der Waals surface area (Å²) in [5.41, 5.74) is 5.90. The SMILES string of the molecule is O=C(CSc1nc2c(c(=O)n1CCc1ccccc1)C1(CCCC1)Cc1ccccc1-2)Nc1ccccc1. The minimum absolute atomic E-state index is 0.0632. The molecule has 1 amide bonds. The van der Waals surface area contributed by atoms with Gasteiger partial charge in [-0.1, -0.05) is 97.4 Å². The van der Waals surface area contributed by atoms with Gasteiger partial charge < -0.3 is 5.32 Å². The number of carbonyl (C=O) groups is 1. The molecule has 0 unspecified atom stereocenters. The molecule has 0 bridgehead atoms. The Hall–Kier alpha value is -3.64. The Morgan fingerprint density at radius 2 is 1.61 bits per heavy atom. The highest BCUT2D eigenvalue weighted by Gasteiger charge is 2.44. The van der Waals surface area contributed by atoms with Crippen LogP contribution >= 0.6 is 11.8 Å². The molecule has 38 heavy (non-hydrogen) atoms. The van der Waals surface area contributed by atoms with Crippen LogP contribution in [-0.4, -0.2) is 21.2 Å². The molecule has 0 saturated heterocycles. The van der Waals surface area contributed by atoms with Crippen molar-refractivity contribution in [2.45, 2.75) is 55.6 Å². The van der Waals surface area contributed by atoms with Gasteiger partial charge in [-0.25, -0.2) is 4.98 Å². The molecule has 1 heterocycles. The third kappa shape index (κ3) is 4.81. The summed E-state index contributed by atoms with van der Waals surface area (Å²) in [5, 5.41) is 3.56. The normalized spacial score (nSPS) is 15.2. The van der Waals surface area contributed by atoms with Crippen molar-refractivity contribution >= 4 is 23.4 Å². The minimum atomic E-state index is -0.143. The Morgan fingerprint density at radius 3 is 2.37 bits per heavy atom. The van der Waals surface area contributed by atoms with Gasteiger partial charge in [-0.2, -0.15) is 0 Å². The van der Waals surface area contributed by atoms with Crippen molar-refractivity contribution in [1.82, 2.24) is 9.55 Å². The number of carbonyl (C=O) groups excluding carboxylic acids is 1. The standard InChI is InChI=1S/C32H31N3O2S/c36-27(33-25-14-5-2-6-15-25)22-38-31-34-29-26-16-8-7-13-24(26)21-32(18-9-10-19-32)28(29)30(37)35(31)20-17-23-11-3-1-4-12-23/h1-8,11-16H,9-10,17-22H2,(H,33,36). The van der Waals surface area contributed by atoms with E-state index in [1.165, 1.54) is 22.9 Å². The summed E-state index contributed by atoms with van der Waals surface area (Å²) < 4.78 is 1.83. The Morgan fingerprint density at radius 1 is 0.921 bits per heavy atom. The molecule has 4 aromatic rings. The largest absolute Gasteiger partial charge is 0.325 e. The zero-order valence-electron chi connectivity index (χ0n) is 21.4. The predicted molar refractivity (Wildman–Crippen MR) is 154 cm³/mol. The molecule has 1 aromatic heterocycles. The second-order valence-corrected chi connectivity index (χ2v) is 11.3. The lowest BCUT2D eigenvalue weighted by atomic mass is 9.68. The lowest BCUT2D eigenvalue weighted by Crippen LogP contribution is -2.40. The summed E-state index contributed by atoms with van der Waals surface area (Å²) in [4.78, 5) is 32.3.